The number of fused-ring (bicyclic) bond motifs is 1. The molecule has 0 unspecified atom stereocenters. The Kier molecular flexibility index (Phi) is 5.32. The van der Waals surface area contributed by atoms with Crippen LogP contribution in [0.15, 0.2) is 18.2 Å². The maximum absolute atomic E-state index is 12.6. The Hall–Kier alpha value is -1.58. The largest absolute Gasteiger partial charge is 0.324 e. The van der Waals surface area contributed by atoms with Crippen molar-refractivity contribution in [1.29, 1.82) is 0 Å². The SMILES string of the molecule is CC(C)(C)S(=O)(=O)N[C@H]1CC[C@H](C(=O)Nc2cccc3nsnc23)CC1. The molecule has 1 fully saturated rings. The third-order valence-electron chi connectivity index (χ3n) is 4.77. The highest BCUT2D eigenvalue weighted by atomic mass is 32.2. The highest BCUT2D eigenvalue weighted by molar-refractivity contribution is 7.90. The van der Waals surface area contributed by atoms with Gasteiger partial charge in [0.2, 0.25) is 15.9 Å². The van der Waals surface area contributed by atoms with E-state index in [2.05, 4.69) is 18.8 Å². The van der Waals surface area contributed by atoms with Crippen LogP contribution in [0.25, 0.3) is 11.0 Å². The Labute approximate surface area is 158 Å². The van der Waals surface area contributed by atoms with Crippen LogP contribution in [0.1, 0.15) is 46.5 Å². The number of sulfonamides is 1. The van der Waals surface area contributed by atoms with Gasteiger partial charge < -0.3 is 5.32 Å². The molecule has 2 aromatic rings. The van der Waals surface area contributed by atoms with Crippen LogP contribution in [0.3, 0.4) is 0 Å². The second-order valence-corrected chi connectivity index (χ2v) is 10.7. The molecule has 0 bridgehead atoms. The van der Waals surface area contributed by atoms with E-state index < -0.39 is 14.8 Å². The van der Waals surface area contributed by atoms with Gasteiger partial charge in [0.1, 0.15) is 11.0 Å². The highest BCUT2D eigenvalue weighted by Crippen LogP contribution is 2.28. The molecular weight excluding hydrogens is 372 g/mol. The molecular formula is C17H24N4O3S2. The van der Waals surface area contributed by atoms with Gasteiger partial charge in [-0.05, 0) is 58.6 Å². The van der Waals surface area contributed by atoms with Crippen molar-refractivity contribution in [2.24, 2.45) is 5.92 Å². The fourth-order valence-corrected chi connectivity index (χ4v) is 4.59. The van der Waals surface area contributed by atoms with Crippen molar-refractivity contribution in [2.75, 3.05) is 5.32 Å². The Balaban J connectivity index is 1.58. The molecule has 0 radical (unpaired) electrons. The number of carbonyl (C=O) groups excluding carboxylic acids is 1. The van der Waals surface area contributed by atoms with Crippen molar-refractivity contribution in [3.8, 4) is 0 Å². The first kappa shape index (κ1) is 19.2. The van der Waals surface area contributed by atoms with Crippen molar-refractivity contribution in [3.63, 3.8) is 0 Å². The molecule has 2 N–H and O–H groups in total. The van der Waals surface area contributed by atoms with Crippen LogP contribution in [0.2, 0.25) is 0 Å². The number of hydrogen-bond donors (Lipinski definition) is 2. The topological polar surface area (TPSA) is 101 Å². The number of aromatic nitrogens is 2. The Bertz CT molecular complexity index is 894. The summed E-state index contributed by atoms with van der Waals surface area (Å²) < 4.78 is 34.9. The monoisotopic (exact) mass is 396 g/mol. The van der Waals surface area contributed by atoms with Crippen LogP contribution < -0.4 is 10.0 Å². The quantitative estimate of drug-likeness (QED) is 0.827. The second kappa shape index (κ2) is 7.21. The Morgan fingerprint density at radius 1 is 1.15 bits per heavy atom. The molecule has 0 aliphatic heterocycles. The predicted molar refractivity (Wildman–Crippen MR) is 104 cm³/mol. The van der Waals surface area contributed by atoms with E-state index in [0.29, 0.717) is 36.9 Å². The van der Waals surface area contributed by atoms with E-state index in [1.165, 1.54) is 0 Å². The van der Waals surface area contributed by atoms with Crippen LogP contribution >= 0.6 is 11.7 Å². The minimum Gasteiger partial charge on any atom is -0.324 e. The molecule has 26 heavy (non-hydrogen) atoms. The molecule has 1 aromatic heterocycles. The first-order valence-corrected chi connectivity index (χ1v) is 10.9. The molecule has 1 aliphatic carbocycles. The molecule has 7 nitrogen and oxygen atoms in total. The minimum absolute atomic E-state index is 0.0392. The number of benzene rings is 1. The third-order valence-corrected chi connectivity index (χ3v) is 7.57. The molecule has 0 spiro atoms. The van der Waals surface area contributed by atoms with Crippen LogP contribution in [-0.4, -0.2) is 33.9 Å². The first-order valence-electron chi connectivity index (χ1n) is 8.71. The maximum Gasteiger partial charge on any atom is 0.227 e. The van der Waals surface area contributed by atoms with Crippen molar-refractivity contribution in [2.45, 2.75) is 57.2 Å². The number of anilines is 1. The van der Waals surface area contributed by atoms with Gasteiger partial charge in [-0.3, -0.25) is 4.79 Å². The average molecular weight is 397 g/mol. The van der Waals surface area contributed by atoms with Gasteiger partial charge in [0.25, 0.3) is 0 Å². The lowest BCUT2D eigenvalue weighted by Gasteiger charge is -2.30. The Morgan fingerprint density at radius 3 is 2.50 bits per heavy atom. The van der Waals surface area contributed by atoms with Gasteiger partial charge in [-0.15, -0.1) is 0 Å². The summed E-state index contributed by atoms with van der Waals surface area (Å²) in [5.74, 6) is -0.158. The Morgan fingerprint density at radius 2 is 1.85 bits per heavy atom. The molecule has 1 aliphatic rings. The number of carbonyl (C=O) groups is 1. The molecule has 3 rings (SSSR count). The smallest absolute Gasteiger partial charge is 0.227 e. The summed E-state index contributed by atoms with van der Waals surface area (Å²) in [5.41, 5.74) is 2.15. The summed E-state index contributed by atoms with van der Waals surface area (Å²) in [4.78, 5) is 12.6. The molecule has 9 heteroatoms. The lowest BCUT2D eigenvalue weighted by molar-refractivity contribution is -0.120. The highest BCUT2D eigenvalue weighted by Gasteiger charge is 2.34. The van der Waals surface area contributed by atoms with Crippen molar-refractivity contribution < 1.29 is 13.2 Å². The second-order valence-electron chi connectivity index (χ2n) is 7.71. The van der Waals surface area contributed by atoms with Gasteiger partial charge in [0.15, 0.2) is 0 Å². The van der Waals surface area contributed by atoms with E-state index in [1.807, 2.05) is 18.2 Å². The van der Waals surface area contributed by atoms with E-state index in [0.717, 1.165) is 17.2 Å². The van der Waals surface area contributed by atoms with Gasteiger partial charge in [-0.1, -0.05) is 6.07 Å². The molecule has 0 saturated heterocycles. The van der Waals surface area contributed by atoms with Gasteiger partial charge in [-0.25, -0.2) is 13.1 Å². The zero-order valence-electron chi connectivity index (χ0n) is 15.2. The summed E-state index contributed by atoms with van der Waals surface area (Å²) in [6, 6.07) is 5.43. The lowest BCUT2D eigenvalue weighted by atomic mass is 9.86. The summed E-state index contributed by atoms with van der Waals surface area (Å²) in [5, 5.41) is 2.95. The van der Waals surface area contributed by atoms with Crippen LogP contribution in [0, 0.1) is 5.92 Å². The fourth-order valence-electron chi connectivity index (χ4n) is 3.01. The minimum atomic E-state index is -3.37. The normalized spacial score (nSPS) is 21.7. The number of rotatable bonds is 4. The van der Waals surface area contributed by atoms with Gasteiger partial charge >= 0.3 is 0 Å². The molecule has 1 saturated carbocycles. The van der Waals surface area contributed by atoms with Crippen molar-refractivity contribution in [3.05, 3.63) is 18.2 Å². The van der Waals surface area contributed by atoms with Gasteiger partial charge in [0, 0.05) is 12.0 Å². The zero-order valence-corrected chi connectivity index (χ0v) is 16.8. The third kappa shape index (κ3) is 4.05. The predicted octanol–water partition coefficient (Wildman–Crippen LogP) is 2.91. The zero-order chi connectivity index (χ0) is 18.9. The molecule has 0 atom stereocenters. The number of amides is 1. The fraction of sp³-hybridized carbons (Fsp3) is 0.588. The van der Waals surface area contributed by atoms with Crippen LogP contribution in [0.5, 0.6) is 0 Å². The summed E-state index contributed by atoms with van der Waals surface area (Å²) in [6.45, 7) is 5.05. The van der Waals surface area contributed by atoms with Gasteiger partial charge in [-0.2, -0.15) is 8.75 Å². The van der Waals surface area contributed by atoms with Crippen LogP contribution in [-0.2, 0) is 14.8 Å². The summed E-state index contributed by atoms with van der Waals surface area (Å²) in [7, 11) is -3.37. The maximum atomic E-state index is 12.6. The number of hydrogen-bond acceptors (Lipinski definition) is 6. The number of nitrogens with zero attached hydrogens (tertiary/aromatic N) is 2. The molecule has 142 valence electrons. The lowest BCUT2D eigenvalue weighted by Crippen LogP contribution is -2.46. The molecule has 1 aromatic carbocycles. The molecule has 1 amide bonds. The average Bonchev–Trinajstić information content (AvgIpc) is 3.04. The van der Waals surface area contributed by atoms with E-state index in [4.69, 9.17) is 0 Å². The van der Waals surface area contributed by atoms with E-state index in [-0.39, 0.29) is 17.9 Å². The van der Waals surface area contributed by atoms with Crippen molar-refractivity contribution in [1.82, 2.24) is 13.5 Å². The summed E-state index contributed by atoms with van der Waals surface area (Å²) >= 11 is 1.12. The van der Waals surface area contributed by atoms with Crippen LogP contribution in [0.4, 0.5) is 5.69 Å². The van der Waals surface area contributed by atoms with E-state index in [1.54, 1.807) is 20.8 Å². The summed E-state index contributed by atoms with van der Waals surface area (Å²) in [6.07, 6.45) is 2.65. The van der Waals surface area contributed by atoms with E-state index >= 15 is 0 Å². The van der Waals surface area contributed by atoms with E-state index in [9.17, 15) is 13.2 Å². The van der Waals surface area contributed by atoms with Crippen molar-refractivity contribution >= 4 is 44.4 Å². The number of nitrogens with one attached hydrogen (secondary N) is 2. The molecule has 1 heterocycles. The first-order chi connectivity index (χ1) is 12.2. The van der Waals surface area contributed by atoms with Gasteiger partial charge in [0.05, 0.1) is 22.2 Å². The standard InChI is InChI=1S/C17H24N4O3S2/c1-17(2,3)26(23,24)21-12-9-7-11(8-10-12)16(22)18-13-5-4-6-14-15(13)20-25-19-14/h4-6,11-12,21H,7-10H2,1-3H3,(H,18,22)/t11-,12-.